The maximum atomic E-state index is 9.90. The van der Waals surface area contributed by atoms with Gasteiger partial charge in [0.1, 0.15) is 24.4 Å². The molecule has 0 rings (SSSR count). The molecule has 0 aliphatic carbocycles. The van der Waals surface area contributed by atoms with Crippen LogP contribution in [0.4, 0.5) is 0 Å². The van der Waals surface area contributed by atoms with Gasteiger partial charge < -0.3 is 35.1 Å². The minimum absolute atomic E-state index is 0.0258. The van der Waals surface area contributed by atoms with Gasteiger partial charge in [-0.25, -0.2) is 0 Å². The number of unbranched alkanes of at least 4 members (excludes halogenated alkanes) is 12. The third-order valence-electron chi connectivity index (χ3n) is 5.20. The molecule has 0 fully saturated rings. The number of carbonyl (C=O) groups is 1. The van der Waals surface area contributed by atoms with E-state index >= 15 is 0 Å². The zero-order valence-electron chi connectivity index (χ0n) is 20.0. The average Bonchev–Trinajstić information content (AvgIpc) is 2.79. The lowest BCUT2D eigenvalue weighted by atomic mass is 10.0. The van der Waals surface area contributed by atoms with E-state index in [0.717, 1.165) is 13.2 Å². The van der Waals surface area contributed by atoms with Gasteiger partial charge in [-0.05, 0) is 12.8 Å². The van der Waals surface area contributed by atoms with Crippen molar-refractivity contribution >= 4 is 6.29 Å². The summed E-state index contributed by atoms with van der Waals surface area (Å²) in [5, 5.41) is 43.5. The van der Waals surface area contributed by atoms with E-state index in [2.05, 4.69) is 13.8 Å². The van der Waals surface area contributed by atoms with Crippen molar-refractivity contribution in [2.75, 3.05) is 19.8 Å². The minimum atomic E-state index is -1.79. The molecule has 7 nitrogen and oxygen atoms in total. The van der Waals surface area contributed by atoms with Crippen LogP contribution >= 0.6 is 0 Å². The van der Waals surface area contributed by atoms with Crippen LogP contribution in [0.15, 0.2) is 0 Å². The molecule has 188 valence electrons. The summed E-state index contributed by atoms with van der Waals surface area (Å²) in [5.41, 5.74) is 0. The van der Waals surface area contributed by atoms with Gasteiger partial charge in [-0.1, -0.05) is 90.9 Å². The van der Waals surface area contributed by atoms with E-state index in [0.29, 0.717) is 0 Å². The molecule has 0 aromatic heterocycles. The highest BCUT2D eigenvalue weighted by Crippen LogP contribution is 2.09. The van der Waals surface area contributed by atoms with Gasteiger partial charge in [0.2, 0.25) is 0 Å². The minimum Gasteiger partial charge on any atom is -0.394 e. The number of aliphatic hydroxyl groups excluding tert-OH is 5. The van der Waals surface area contributed by atoms with Gasteiger partial charge in [0.05, 0.1) is 6.61 Å². The Balaban J connectivity index is 0. The summed E-state index contributed by atoms with van der Waals surface area (Å²) in [6.45, 7) is 5.77. The van der Waals surface area contributed by atoms with Crippen LogP contribution in [-0.2, 0) is 9.53 Å². The molecule has 5 N–H and O–H groups in total. The molecule has 0 saturated carbocycles. The number of aldehydes is 1. The molecule has 0 aliphatic heterocycles. The van der Waals surface area contributed by atoms with Crippen LogP contribution in [0.5, 0.6) is 0 Å². The Morgan fingerprint density at radius 1 is 0.645 bits per heavy atom. The maximum Gasteiger partial charge on any atom is 0.151 e. The van der Waals surface area contributed by atoms with Crippen molar-refractivity contribution < 1.29 is 35.1 Å². The van der Waals surface area contributed by atoms with Crippen LogP contribution < -0.4 is 0 Å². The number of hydrogen-bond acceptors (Lipinski definition) is 7. The molecule has 0 heterocycles. The molecule has 0 unspecified atom stereocenters. The van der Waals surface area contributed by atoms with Crippen molar-refractivity contribution in [3.63, 3.8) is 0 Å². The van der Waals surface area contributed by atoms with Crippen LogP contribution in [0.2, 0.25) is 0 Å². The molecule has 0 amide bonds. The Labute approximate surface area is 189 Å². The molecule has 7 heteroatoms. The van der Waals surface area contributed by atoms with Gasteiger partial charge in [-0.3, -0.25) is 0 Å². The van der Waals surface area contributed by atoms with Crippen LogP contribution in [0.1, 0.15) is 104 Å². The van der Waals surface area contributed by atoms with E-state index in [-0.39, 0.29) is 6.29 Å². The lowest BCUT2D eigenvalue weighted by Crippen LogP contribution is -2.46. The van der Waals surface area contributed by atoms with Gasteiger partial charge in [-0.2, -0.15) is 0 Å². The zero-order valence-corrected chi connectivity index (χ0v) is 20.0. The molecule has 31 heavy (non-hydrogen) atoms. The summed E-state index contributed by atoms with van der Waals surface area (Å²) in [4.78, 5) is 9.90. The van der Waals surface area contributed by atoms with Crippen molar-refractivity contribution in [3.8, 4) is 0 Å². The summed E-state index contributed by atoms with van der Waals surface area (Å²) in [6.07, 6.45) is 12.4. The molecule has 0 aliphatic rings. The van der Waals surface area contributed by atoms with Crippen LogP contribution in [0.25, 0.3) is 0 Å². The van der Waals surface area contributed by atoms with Crippen molar-refractivity contribution in [1.29, 1.82) is 0 Å². The summed E-state index contributed by atoms with van der Waals surface area (Å²) < 4.78 is 5.69. The number of carbonyl (C=O) groups excluding carboxylic acids is 1. The third-order valence-corrected chi connectivity index (χ3v) is 5.20. The predicted octanol–water partition coefficient (Wildman–Crippen LogP) is 3.13. The molecule has 0 aromatic carbocycles. The molecular formula is C24H50O7. The Morgan fingerprint density at radius 3 is 1.39 bits per heavy atom. The smallest absolute Gasteiger partial charge is 0.151 e. The standard InChI is InChI=1S/C18H38O.C6H12O6/c1-3-5-7-9-11-12-14-16-18-19-17-15-13-10-8-6-4-2;7-1-3(9)5(11)6(12)4(10)2-8/h3-18H2,1-2H3;1,3-6,8-12H,2H2/t;3-,4+,5+,6+/m.0/s1. The molecule has 0 aromatic rings. The van der Waals surface area contributed by atoms with E-state index in [1.807, 2.05) is 0 Å². The molecule has 4 atom stereocenters. The third kappa shape index (κ3) is 22.4. The quantitative estimate of drug-likeness (QED) is 0.134. The Kier molecular flexibility index (Phi) is 27.0. The second kappa shape index (κ2) is 25.7. The first-order valence-electron chi connectivity index (χ1n) is 12.3. The molecule has 0 spiro atoms. The van der Waals surface area contributed by atoms with Crippen LogP contribution in [0, 0.1) is 0 Å². The summed E-state index contributed by atoms with van der Waals surface area (Å²) >= 11 is 0. The van der Waals surface area contributed by atoms with E-state index < -0.39 is 31.0 Å². The van der Waals surface area contributed by atoms with Crippen molar-refractivity contribution in [2.45, 2.75) is 128 Å². The predicted molar refractivity (Wildman–Crippen MR) is 124 cm³/mol. The second-order valence-corrected chi connectivity index (χ2v) is 8.21. The largest absolute Gasteiger partial charge is 0.394 e. The fourth-order valence-electron chi connectivity index (χ4n) is 3.04. The Bertz CT molecular complexity index is 339. The van der Waals surface area contributed by atoms with Crippen molar-refractivity contribution in [2.24, 2.45) is 0 Å². The number of hydrogen-bond donors (Lipinski definition) is 5. The van der Waals surface area contributed by atoms with Gasteiger partial charge in [0, 0.05) is 13.2 Å². The van der Waals surface area contributed by atoms with Gasteiger partial charge >= 0.3 is 0 Å². The first-order valence-corrected chi connectivity index (χ1v) is 12.3. The van der Waals surface area contributed by atoms with Gasteiger partial charge in [0.15, 0.2) is 6.29 Å². The molecular weight excluding hydrogens is 400 g/mol. The fraction of sp³-hybridized carbons (Fsp3) is 0.958. The summed E-state index contributed by atoms with van der Waals surface area (Å²) in [5.74, 6) is 0. The van der Waals surface area contributed by atoms with E-state index in [9.17, 15) is 4.79 Å². The Morgan fingerprint density at radius 2 is 1.03 bits per heavy atom. The number of aliphatic hydroxyl groups is 5. The van der Waals surface area contributed by atoms with E-state index in [4.69, 9.17) is 30.3 Å². The first kappa shape index (κ1) is 32.6. The molecule has 0 radical (unpaired) electrons. The highest BCUT2D eigenvalue weighted by atomic mass is 16.5. The number of rotatable bonds is 21. The highest BCUT2D eigenvalue weighted by Gasteiger charge is 2.29. The molecule has 0 bridgehead atoms. The van der Waals surface area contributed by atoms with Gasteiger partial charge in [-0.15, -0.1) is 0 Å². The highest BCUT2D eigenvalue weighted by molar-refractivity contribution is 5.56. The normalized spacial score (nSPS) is 14.9. The zero-order chi connectivity index (χ0) is 23.7. The lowest BCUT2D eigenvalue weighted by molar-refractivity contribution is -0.136. The Hall–Kier alpha value is -0.570. The fourth-order valence-corrected chi connectivity index (χ4v) is 3.04. The topological polar surface area (TPSA) is 127 Å². The SMILES string of the molecule is CCCCCCCCCCOCCCCCCCC.O=C[C@H](O)[C@@H](O)[C@H](O)[C@H](O)CO. The average molecular weight is 451 g/mol. The van der Waals surface area contributed by atoms with Crippen molar-refractivity contribution in [3.05, 3.63) is 0 Å². The van der Waals surface area contributed by atoms with E-state index in [1.54, 1.807) is 0 Å². The van der Waals surface area contributed by atoms with Crippen LogP contribution in [-0.4, -0.2) is 76.1 Å². The summed E-state index contributed by atoms with van der Waals surface area (Å²) in [7, 11) is 0. The second-order valence-electron chi connectivity index (χ2n) is 8.21. The maximum absolute atomic E-state index is 9.90. The molecule has 0 saturated heterocycles. The van der Waals surface area contributed by atoms with Crippen LogP contribution in [0.3, 0.4) is 0 Å². The number of ether oxygens (including phenoxy) is 1. The van der Waals surface area contributed by atoms with Gasteiger partial charge in [0.25, 0.3) is 0 Å². The summed E-state index contributed by atoms with van der Waals surface area (Å²) in [6, 6.07) is 0. The van der Waals surface area contributed by atoms with Crippen molar-refractivity contribution in [1.82, 2.24) is 0 Å². The first-order chi connectivity index (χ1) is 15.0. The monoisotopic (exact) mass is 450 g/mol. The lowest BCUT2D eigenvalue weighted by Gasteiger charge is -2.22. The van der Waals surface area contributed by atoms with E-state index in [1.165, 1.54) is 89.9 Å².